The maximum Gasteiger partial charge on any atom is 0.343 e. The largest absolute Gasteiger partial charge is 0.507 e. The first-order chi connectivity index (χ1) is 18.4. The Morgan fingerprint density at radius 2 is 1.87 bits per heavy atom. The molecule has 0 amide bonds. The number of benzene rings is 1. The van der Waals surface area contributed by atoms with E-state index in [1.54, 1.807) is 36.4 Å². The Morgan fingerprint density at radius 3 is 2.53 bits per heavy atom. The lowest BCUT2D eigenvalue weighted by molar-refractivity contribution is 0.0606. The summed E-state index contributed by atoms with van der Waals surface area (Å²) in [4.78, 5) is 17.3. The highest BCUT2D eigenvalue weighted by Gasteiger charge is 2.38. The Hall–Kier alpha value is -3.17. The number of anilines is 1. The number of rotatable bonds is 10. The molecule has 38 heavy (non-hydrogen) atoms. The standard InChI is InChI=1S/C29H34N2O6S/c1-2-20(16-19-11-14-36-15-12-19)25-18-24(32)28(29(33)37-25)27(21-9-10-21)22-6-5-7-23(17-22)31-38(34,35)26-8-3-4-13-30-26/h3-8,13,17-21,27,31-32H,2,9-12,14-16H2,1H3. The van der Waals surface area contributed by atoms with Crippen molar-refractivity contribution in [2.75, 3.05) is 17.9 Å². The molecule has 2 unspecified atom stereocenters. The monoisotopic (exact) mass is 538 g/mol. The van der Waals surface area contributed by atoms with E-state index in [-0.39, 0.29) is 28.2 Å². The molecule has 9 heteroatoms. The predicted molar refractivity (Wildman–Crippen MR) is 144 cm³/mol. The lowest BCUT2D eigenvalue weighted by Gasteiger charge is -2.26. The minimum Gasteiger partial charge on any atom is -0.507 e. The summed E-state index contributed by atoms with van der Waals surface area (Å²) >= 11 is 0. The highest BCUT2D eigenvalue weighted by atomic mass is 32.2. The van der Waals surface area contributed by atoms with Gasteiger partial charge >= 0.3 is 5.63 Å². The molecule has 2 aromatic heterocycles. The van der Waals surface area contributed by atoms with Crippen molar-refractivity contribution in [2.24, 2.45) is 11.8 Å². The lowest BCUT2D eigenvalue weighted by atomic mass is 9.84. The fourth-order valence-electron chi connectivity index (χ4n) is 5.48. The second-order valence-corrected chi connectivity index (χ2v) is 12.0. The van der Waals surface area contributed by atoms with Crippen molar-refractivity contribution in [3.8, 4) is 5.75 Å². The third-order valence-electron chi connectivity index (χ3n) is 7.65. The second-order valence-electron chi connectivity index (χ2n) is 10.3. The SMILES string of the molecule is CCC(CC1CCOCC1)c1cc(O)c(C(c2cccc(NS(=O)(=O)c3ccccn3)c2)C2CC2)c(=O)o1. The van der Waals surface area contributed by atoms with Gasteiger partial charge in [0.2, 0.25) is 0 Å². The molecule has 1 aliphatic heterocycles. The molecule has 0 spiro atoms. The molecule has 5 rings (SSSR count). The van der Waals surface area contributed by atoms with Crippen LogP contribution in [0.25, 0.3) is 0 Å². The van der Waals surface area contributed by atoms with Gasteiger partial charge in [-0.15, -0.1) is 0 Å². The molecule has 8 nitrogen and oxygen atoms in total. The Bertz CT molecular complexity index is 1410. The van der Waals surface area contributed by atoms with Gasteiger partial charge in [0.1, 0.15) is 11.5 Å². The van der Waals surface area contributed by atoms with Gasteiger partial charge in [-0.25, -0.2) is 9.78 Å². The number of hydrogen-bond donors (Lipinski definition) is 2. The van der Waals surface area contributed by atoms with Crippen molar-refractivity contribution in [3.05, 3.63) is 82.0 Å². The Labute approximate surface area is 223 Å². The summed E-state index contributed by atoms with van der Waals surface area (Å²) in [6, 6.07) is 13.3. The minimum atomic E-state index is -3.87. The van der Waals surface area contributed by atoms with E-state index in [1.165, 1.54) is 12.3 Å². The maximum absolute atomic E-state index is 13.4. The van der Waals surface area contributed by atoms with Crippen molar-refractivity contribution in [1.82, 2.24) is 4.98 Å². The minimum absolute atomic E-state index is 0.0504. The first-order valence-electron chi connectivity index (χ1n) is 13.3. The summed E-state index contributed by atoms with van der Waals surface area (Å²) in [5.74, 6) is 0.804. The van der Waals surface area contributed by atoms with Crippen LogP contribution in [0.2, 0.25) is 0 Å². The van der Waals surface area contributed by atoms with Gasteiger partial charge in [0, 0.05) is 43.0 Å². The Morgan fingerprint density at radius 1 is 1.08 bits per heavy atom. The molecule has 3 aromatic rings. The number of sulfonamides is 1. The van der Waals surface area contributed by atoms with E-state index >= 15 is 0 Å². The third-order valence-corrected chi connectivity index (χ3v) is 8.95. The van der Waals surface area contributed by atoms with Crippen molar-refractivity contribution in [2.45, 2.75) is 62.3 Å². The van der Waals surface area contributed by atoms with Crippen molar-refractivity contribution in [3.63, 3.8) is 0 Å². The number of nitrogens with one attached hydrogen (secondary N) is 1. The van der Waals surface area contributed by atoms with Gasteiger partial charge in [0.05, 0.1) is 5.56 Å². The lowest BCUT2D eigenvalue weighted by Crippen LogP contribution is -2.20. The molecule has 202 valence electrons. The van der Waals surface area contributed by atoms with E-state index in [9.17, 15) is 18.3 Å². The number of nitrogens with zero attached hydrogens (tertiary/aromatic N) is 1. The molecule has 0 bridgehead atoms. The average molecular weight is 539 g/mol. The van der Waals surface area contributed by atoms with Crippen molar-refractivity contribution >= 4 is 15.7 Å². The van der Waals surface area contributed by atoms with Gasteiger partial charge in [0.25, 0.3) is 10.0 Å². The van der Waals surface area contributed by atoms with Crippen LogP contribution < -0.4 is 10.3 Å². The molecular formula is C29H34N2O6S. The third kappa shape index (κ3) is 5.94. The number of ether oxygens (including phenoxy) is 1. The number of pyridine rings is 1. The molecule has 1 aliphatic carbocycles. The van der Waals surface area contributed by atoms with Gasteiger partial charge in [-0.2, -0.15) is 8.42 Å². The van der Waals surface area contributed by atoms with Gasteiger partial charge in [-0.1, -0.05) is 25.1 Å². The highest BCUT2D eigenvalue weighted by Crippen LogP contribution is 2.48. The zero-order chi connectivity index (χ0) is 26.7. The van der Waals surface area contributed by atoms with E-state index in [0.29, 0.717) is 17.4 Å². The molecule has 2 N–H and O–H groups in total. The molecule has 2 aliphatic rings. The fraction of sp³-hybridized carbons (Fsp3) is 0.448. The van der Waals surface area contributed by atoms with E-state index in [1.807, 2.05) is 6.07 Å². The van der Waals surface area contributed by atoms with Crippen molar-refractivity contribution < 1.29 is 22.7 Å². The average Bonchev–Trinajstić information content (AvgIpc) is 3.75. The summed E-state index contributed by atoms with van der Waals surface area (Å²) in [7, 11) is -3.87. The van der Waals surface area contributed by atoms with Gasteiger partial charge in [0.15, 0.2) is 5.03 Å². The van der Waals surface area contributed by atoms with Crippen LogP contribution in [0.5, 0.6) is 5.75 Å². The quantitative estimate of drug-likeness (QED) is 0.355. The van der Waals surface area contributed by atoms with Crippen LogP contribution in [0.4, 0.5) is 5.69 Å². The van der Waals surface area contributed by atoms with E-state index in [0.717, 1.165) is 57.3 Å². The molecule has 1 saturated heterocycles. The van der Waals surface area contributed by atoms with Crippen LogP contribution >= 0.6 is 0 Å². The maximum atomic E-state index is 13.4. The van der Waals surface area contributed by atoms with Gasteiger partial charge in [-0.05, 0) is 80.2 Å². The Kier molecular flexibility index (Phi) is 7.85. The van der Waals surface area contributed by atoms with Crippen LogP contribution in [0, 0.1) is 11.8 Å². The normalized spacial score (nSPS) is 18.1. The Balaban J connectivity index is 1.43. The molecule has 1 saturated carbocycles. The van der Waals surface area contributed by atoms with E-state index in [2.05, 4.69) is 16.6 Å². The van der Waals surface area contributed by atoms with Crippen LogP contribution in [0.15, 0.2) is 69.0 Å². The summed E-state index contributed by atoms with van der Waals surface area (Å²) in [5.41, 5.74) is 0.823. The summed E-state index contributed by atoms with van der Waals surface area (Å²) in [6.07, 6.45) is 6.94. The molecular weight excluding hydrogens is 504 g/mol. The number of hydrogen-bond acceptors (Lipinski definition) is 7. The summed E-state index contributed by atoms with van der Waals surface area (Å²) < 4.78 is 39.5. The van der Waals surface area contributed by atoms with Crippen LogP contribution in [-0.4, -0.2) is 31.7 Å². The fourth-order valence-corrected chi connectivity index (χ4v) is 6.48. The van der Waals surface area contributed by atoms with E-state index in [4.69, 9.17) is 9.15 Å². The van der Waals surface area contributed by atoms with Crippen LogP contribution in [0.1, 0.15) is 74.2 Å². The molecule has 3 heterocycles. The smallest absolute Gasteiger partial charge is 0.343 e. The molecule has 0 radical (unpaired) electrons. The first-order valence-corrected chi connectivity index (χ1v) is 14.8. The van der Waals surface area contributed by atoms with Gasteiger partial charge < -0.3 is 14.3 Å². The number of aromatic hydroxyl groups is 1. The zero-order valence-corrected chi connectivity index (χ0v) is 22.3. The predicted octanol–water partition coefficient (Wildman–Crippen LogP) is 5.39. The van der Waals surface area contributed by atoms with Crippen LogP contribution in [-0.2, 0) is 14.8 Å². The summed E-state index contributed by atoms with van der Waals surface area (Å²) in [6.45, 7) is 3.59. The van der Waals surface area contributed by atoms with E-state index < -0.39 is 21.6 Å². The topological polar surface area (TPSA) is 119 Å². The second kappa shape index (κ2) is 11.3. The summed E-state index contributed by atoms with van der Waals surface area (Å²) in [5, 5.41) is 11.1. The number of aromatic nitrogens is 1. The van der Waals surface area contributed by atoms with Gasteiger partial charge in [-0.3, -0.25) is 4.72 Å². The first kappa shape index (κ1) is 26.4. The molecule has 1 aromatic carbocycles. The van der Waals surface area contributed by atoms with Crippen molar-refractivity contribution in [1.29, 1.82) is 0 Å². The molecule has 2 atom stereocenters. The highest BCUT2D eigenvalue weighted by molar-refractivity contribution is 7.92. The van der Waals surface area contributed by atoms with Crippen LogP contribution in [0.3, 0.4) is 0 Å². The zero-order valence-electron chi connectivity index (χ0n) is 21.5. The molecule has 2 fully saturated rings.